The van der Waals surface area contributed by atoms with E-state index in [1.807, 2.05) is 24.3 Å². The number of rotatable bonds is 7. The SMILES string of the molecule is CN1CCN(c2ccc(-c3ccc(C(F)(F)C(O)(Cn4cnnn4)c4ccccc4F)nc3)cc2)CC1. The average molecular weight is 510 g/mol. The number of hydrogen-bond acceptors (Lipinski definition) is 7. The molecule has 2 aromatic heterocycles. The van der Waals surface area contributed by atoms with Gasteiger partial charge in [-0.1, -0.05) is 36.4 Å². The van der Waals surface area contributed by atoms with E-state index >= 15 is 8.78 Å². The minimum absolute atomic E-state index is 0.583. The van der Waals surface area contributed by atoms with Crippen molar-refractivity contribution in [1.82, 2.24) is 30.1 Å². The number of aromatic nitrogens is 5. The van der Waals surface area contributed by atoms with E-state index in [-0.39, 0.29) is 0 Å². The smallest absolute Gasteiger partial charge is 0.323 e. The summed E-state index contributed by atoms with van der Waals surface area (Å²) in [7, 11) is 2.10. The number of benzene rings is 2. The van der Waals surface area contributed by atoms with Gasteiger partial charge in [-0.05, 0) is 47.3 Å². The van der Waals surface area contributed by atoms with Crippen molar-refractivity contribution >= 4 is 5.69 Å². The Kier molecular flexibility index (Phi) is 6.65. The standard InChI is InChI=1S/C26H26F3N7O/c1-34-12-14-35(15-13-34)21-9-6-19(7-10-21)20-8-11-24(30-16-20)26(28,29)25(37,17-36-18-31-32-33-36)22-4-2-3-5-23(22)27/h2-11,16,18,37H,12-15,17H2,1H3. The third kappa shape index (κ3) is 4.79. The van der Waals surface area contributed by atoms with Crippen molar-refractivity contribution in [3.8, 4) is 11.1 Å². The predicted octanol–water partition coefficient (Wildman–Crippen LogP) is 3.31. The average Bonchev–Trinajstić information content (AvgIpc) is 3.42. The molecule has 5 rings (SSSR count). The summed E-state index contributed by atoms with van der Waals surface area (Å²) in [5, 5.41) is 21.7. The Bertz CT molecular complexity index is 1330. The van der Waals surface area contributed by atoms with Crippen LogP contribution in [0.4, 0.5) is 18.9 Å². The number of hydrogen-bond donors (Lipinski definition) is 1. The second-order valence-electron chi connectivity index (χ2n) is 9.19. The Labute approximate surface area is 212 Å². The zero-order valence-corrected chi connectivity index (χ0v) is 20.2. The number of halogens is 3. The van der Waals surface area contributed by atoms with Crippen LogP contribution in [-0.2, 0) is 18.1 Å². The maximum atomic E-state index is 15.9. The lowest BCUT2D eigenvalue weighted by Gasteiger charge is -2.35. The predicted molar refractivity (Wildman–Crippen MR) is 131 cm³/mol. The molecule has 192 valence electrons. The molecular weight excluding hydrogens is 483 g/mol. The van der Waals surface area contributed by atoms with Crippen LogP contribution in [-0.4, -0.2) is 68.4 Å². The fraction of sp³-hybridized carbons (Fsp3) is 0.308. The van der Waals surface area contributed by atoms with Gasteiger partial charge in [0.15, 0.2) is 5.60 Å². The first-order chi connectivity index (χ1) is 17.8. The Morgan fingerprint density at radius 2 is 1.62 bits per heavy atom. The summed E-state index contributed by atoms with van der Waals surface area (Å²) in [5.74, 6) is -4.96. The van der Waals surface area contributed by atoms with Gasteiger partial charge in [-0.25, -0.2) is 9.07 Å². The van der Waals surface area contributed by atoms with Crippen LogP contribution in [0.1, 0.15) is 11.3 Å². The molecule has 1 fully saturated rings. The highest BCUT2D eigenvalue weighted by Crippen LogP contribution is 2.46. The lowest BCUT2D eigenvalue weighted by Crippen LogP contribution is -2.48. The van der Waals surface area contributed by atoms with Gasteiger partial charge in [-0.15, -0.1) is 5.10 Å². The molecule has 37 heavy (non-hydrogen) atoms. The first kappa shape index (κ1) is 24.8. The van der Waals surface area contributed by atoms with Crippen molar-refractivity contribution in [3.63, 3.8) is 0 Å². The Morgan fingerprint density at radius 3 is 2.24 bits per heavy atom. The zero-order valence-electron chi connectivity index (χ0n) is 20.2. The molecule has 1 atom stereocenters. The molecule has 0 bridgehead atoms. The quantitative estimate of drug-likeness (QED) is 0.409. The monoisotopic (exact) mass is 509 g/mol. The van der Waals surface area contributed by atoms with Crippen LogP contribution in [0.15, 0.2) is 73.2 Å². The van der Waals surface area contributed by atoms with Crippen molar-refractivity contribution in [2.24, 2.45) is 0 Å². The van der Waals surface area contributed by atoms with E-state index in [9.17, 15) is 9.50 Å². The van der Waals surface area contributed by atoms with E-state index in [0.717, 1.165) is 66.6 Å². The summed E-state index contributed by atoms with van der Waals surface area (Å²) < 4.78 is 47.4. The van der Waals surface area contributed by atoms with Crippen LogP contribution in [0.25, 0.3) is 11.1 Å². The highest BCUT2D eigenvalue weighted by Gasteiger charge is 2.57. The maximum Gasteiger partial charge on any atom is 0.323 e. The van der Waals surface area contributed by atoms with Crippen molar-refractivity contribution in [3.05, 3.63) is 90.3 Å². The summed E-state index contributed by atoms with van der Waals surface area (Å²) in [4.78, 5) is 8.58. The number of aliphatic hydroxyl groups is 1. The van der Waals surface area contributed by atoms with Crippen LogP contribution >= 0.6 is 0 Å². The van der Waals surface area contributed by atoms with Crippen LogP contribution < -0.4 is 4.90 Å². The molecule has 8 nitrogen and oxygen atoms in total. The molecular formula is C26H26F3N7O. The summed E-state index contributed by atoms with van der Waals surface area (Å²) in [5.41, 5.74) is -1.74. The number of nitrogens with zero attached hydrogens (tertiary/aromatic N) is 7. The minimum atomic E-state index is -3.98. The lowest BCUT2D eigenvalue weighted by molar-refractivity contribution is -0.207. The number of piperazine rings is 1. The van der Waals surface area contributed by atoms with Crippen molar-refractivity contribution in [2.75, 3.05) is 38.1 Å². The Balaban J connectivity index is 1.42. The highest BCUT2D eigenvalue weighted by atomic mass is 19.3. The molecule has 1 saturated heterocycles. The molecule has 0 aliphatic carbocycles. The molecule has 1 aliphatic heterocycles. The molecule has 0 spiro atoms. The van der Waals surface area contributed by atoms with Gasteiger partial charge in [-0.2, -0.15) is 8.78 Å². The van der Waals surface area contributed by atoms with Crippen molar-refractivity contribution < 1.29 is 18.3 Å². The summed E-state index contributed by atoms with van der Waals surface area (Å²) in [6.45, 7) is 3.08. The molecule has 11 heteroatoms. The van der Waals surface area contributed by atoms with Gasteiger partial charge < -0.3 is 14.9 Å². The molecule has 0 saturated carbocycles. The number of pyridine rings is 1. The summed E-state index contributed by atoms with van der Waals surface area (Å²) >= 11 is 0. The third-order valence-corrected chi connectivity index (χ3v) is 6.78. The van der Waals surface area contributed by atoms with Gasteiger partial charge in [-0.3, -0.25) is 4.98 Å². The summed E-state index contributed by atoms with van der Waals surface area (Å²) in [6, 6.07) is 15.4. The zero-order chi connectivity index (χ0) is 26.0. The molecule has 1 N–H and O–H groups in total. The molecule has 1 unspecified atom stereocenters. The van der Waals surface area contributed by atoms with Crippen LogP contribution in [0, 0.1) is 5.82 Å². The van der Waals surface area contributed by atoms with E-state index in [4.69, 9.17) is 0 Å². The summed E-state index contributed by atoms with van der Waals surface area (Å²) in [6.07, 6.45) is 2.40. The Hall–Kier alpha value is -3.83. The van der Waals surface area contributed by atoms with Gasteiger partial charge in [0, 0.05) is 49.2 Å². The second-order valence-corrected chi connectivity index (χ2v) is 9.19. The molecule has 1 aliphatic rings. The third-order valence-electron chi connectivity index (χ3n) is 6.78. The second kappa shape index (κ2) is 9.91. The molecule has 3 heterocycles. The highest BCUT2D eigenvalue weighted by molar-refractivity contribution is 5.66. The van der Waals surface area contributed by atoms with Gasteiger partial charge in [0.1, 0.15) is 17.8 Å². The first-order valence-corrected chi connectivity index (χ1v) is 11.8. The number of anilines is 1. The maximum absolute atomic E-state index is 15.9. The molecule has 0 radical (unpaired) electrons. The van der Waals surface area contributed by atoms with Crippen LogP contribution in [0.3, 0.4) is 0 Å². The topological polar surface area (TPSA) is 83.2 Å². The van der Waals surface area contributed by atoms with E-state index in [2.05, 4.69) is 37.4 Å². The number of alkyl halides is 2. The van der Waals surface area contributed by atoms with Gasteiger partial charge >= 0.3 is 5.92 Å². The molecule has 2 aromatic carbocycles. The van der Waals surface area contributed by atoms with E-state index < -0.39 is 35.1 Å². The van der Waals surface area contributed by atoms with Crippen LogP contribution in [0.2, 0.25) is 0 Å². The fourth-order valence-corrected chi connectivity index (χ4v) is 4.53. The van der Waals surface area contributed by atoms with Gasteiger partial charge in [0.05, 0.1) is 6.54 Å². The van der Waals surface area contributed by atoms with Crippen LogP contribution in [0.5, 0.6) is 0 Å². The van der Waals surface area contributed by atoms with E-state index in [1.54, 1.807) is 0 Å². The van der Waals surface area contributed by atoms with Crippen molar-refractivity contribution in [1.29, 1.82) is 0 Å². The lowest BCUT2D eigenvalue weighted by atomic mass is 9.84. The molecule has 0 amide bonds. The van der Waals surface area contributed by atoms with E-state index in [0.29, 0.717) is 5.56 Å². The first-order valence-electron chi connectivity index (χ1n) is 11.8. The number of likely N-dealkylation sites (N-methyl/N-ethyl adjacent to an activating group) is 1. The Morgan fingerprint density at radius 1 is 0.919 bits per heavy atom. The normalized spacial score (nSPS) is 16.5. The minimum Gasteiger partial charge on any atom is -0.377 e. The van der Waals surface area contributed by atoms with E-state index in [1.165, 1.54) is 24.4 Å². The molecule has 4 aromatic rings. The number of tetrazole rings is 1. The largest absolute Gasteiger partial charge is 0.377 e. The van der Waals surface area contributed by atoms with Gasteiger partial charge in [0.25, 0.3) is 0 Å². The van der Waals surface area contributed by atoms with Crippen molar-refractivity contribution in [2.45, 2.75) is 18.1 Å². The fourth-order valence-electron chi connectivity index (χ4n) is 4.53. The van der Waals surface area contributed by atoms with Gasteiger partial charge in [0.2, 0.25) is 0 Å².